The summed E-state index contributed by atoms with van der Waals surface area (Å²) in [6.45, 7) is 6.17. The monoisotopic (exact) mass is 483 g/mol. The summed E-state index contributed by atoms with van der Waals surface area (Å²) in [5.41, 5.74) is 5.34. The third-order valence-corrected chi connectivity index (χ3v) is 6.83. The Bertz CT molecular complexity index is 1700. The maximum absolute atomic E-state index is 16.0. The molecule has 0 spiro atoms. The van der Waals surface area contributed by atoms with Gasteiger partial charge in [-0.15, -0.1) is 11.3 Å². The second-order valence-electron chi connectivity index (χ2n) is 8.74. The maximum atomic E-state index is 16.0. The molecule has 7 nitrogen and oxygen atoms in total. The molecule has 0 fully saturated rings. The molecule has 0 aliphatic carbocycles. The largest absolute Gasteiger partial charge is 0.382 e. The molecule has 5 aromatic heterocycles. The predicted molar refractivity (Wildman–Crippen MR) is 139 cm³/mol. The standard InChI is InChI=1S/C26H22FN7S/c1-13(2)30-16-10-15(11-28-12-16)17-5-6-19-21(22(17)27)24(34-33-19)26-31-23-18(8-9-29-25(23)32-26)20-7-4-14(3)35-20/h4-13,30H,1-3H3,(H,33,34)(H,29,31,32). The molecular weight excluding hydrogens is 461 g/mol. The number of aromatic nitrogens is 6. The molecule has 0 bridgehead atoms. The number of pyridine rings is 2. The predicted octanol–water partition coefficient (Wildman–Crippen LogP) is 6.56. The lowest BCUT2D eigenvalue weighted by molar-refractivity contribution is 0.643. The summed E-state index contributed by atoms with van der Waals surface area (Å²) in [6, 6.07) is 11.8. The van der Waals surface area contributed by atoms with Gasteiger partial charge in [0, 0.05) is 51.1 Å². The zero-order valence-electron chi connectivity index (χ0n) is 19.3. The first-order valence-corrected chi connectivity index (χ1v) is 12.1. The van der Waals surface area contributed by atoms with Crippen LogP contribution in [-0.2, 0) is 0 Å². The lowest BCUT2D eigenvalue weighted by Crippen LogP contribution is -2.09. The first-order valence-electron chi connectivity index (χ1n) is 11.3. The number of H-pyrrole nitrogens is 2. The Balaban J connectivity index is 1.49. The lowest BCUT2D eigenvalue weighted by Gasteiger charge is -2.11. The van der Waals surface area contributed by atoms with Gasteiger partial charge in [0.05, 0.1) is 22.1 Å². The highest BCUT2D eigenvalue weighted by Gasteiger charge is 2.21. The van der Waals surface area contributed by atoms with Crippen LogP contribution in [0.15, 0.2) is 55.0 Å². The Kier molecular flexibility index (Phi) is 5.07. The van der Waals surface area contributed by atoms with Gasteiger partial charge < -0.3 is 10.3 Å². The van der Waals surface area contributed by atoms with Gasteiger partial charge in [0.15, 0.2) is 11.5 Å². The smallest absolute Gasteiger partial charge is 0.178 e. The number of halogens is 1. The highest BCUT2D eigenvalue weighted by molar-refractivity contribution is 7.15. The van der Waals surface area contributed by atoms with Crippen LogP contribution in [0.5, 0.6) is 0 Å². The molecular formula is C26H22FN7S. The van der Waals surface area contributed by atoms with E-state index in [9.17, 15) is 0 Å². The number of hydrogen-bond acceptors (Lipinski definition) is 6. The van der Waals surface area contributed by atoms with Crippen LogP contribution >= 0.6 is 11.3 Å². The van der Waals surface area contributed by atoms with Crippen molar-refractivity contribution in [2.75, 3.05) is 5.32 Å². The number of nitrogens with one attached hydrogen (secondary N) is 3. The minimum Gasteiger partial charge on any atom is -0.382 e. The Morgan fingerprint density at radius 3 is 2.74 bits per heavy atom. The third kappa shape index (κ3) is 3.74. The second kappa shape index (κ2) is 8.28. The lowest BCUT2D eigenvalue weighted by atomic mass is 10.0. The summed E-state index contributed by atoms with van der Waals surface area (Å²) in [4.78, 5) is 19.1. The molecule has 0 amide bonds. The van der Waals surface area contributed by atoms with Gasteiger partial charge in [-0.2, -0.15) is 5.10 Å². The highest BCUT2D eigenvalue weighted by Crippen LogP contribution is 2.36. The van der Waals surface area contributed by atoms with Gasteiger partial charge >= 0.3 is 0 Å². The molecule has 6 rings (SSSR count). The second-order valence-corrected chi connectivity index (χ2v) is 10.0. The summed E-state index contributed by atoms with van der Waals surface area (Å²) in [5, 5.41) is 11.0. The number of hydrogen-bond donors (Lipinski definition) is 3. The molecule has 6 aromatic rings. The van der Waals surface area contributed by atoms with Crippen molar-refractivity contribution in [3.05, 3.63) is 65.7 Å². The number of imidazole rings is 1. The van der Waals surface area contributed by atoms with Gasteiger partial charge in [-0.3, -0.25) is 10.1 Å². The number of anilines is 1. The summed E-state index contributed by atoms with van der Waals surface area (Å²) in [7, 11) is 0. The van der Waals surface area contributed by atoms with Crippen LogP contribution < -0.4 is 5.32 Å². The van der Waals surface area contributed by atoms with E-state index >= 15 is 4.39 Å². The van der Waals surface area contributed by atoms with Crippen molar-refractivity contribution in [1.29, 1.82) is 0 Å². The summed E-state index contributed by atoms with van der Waals surface area (Å²) in [5.74, 6) is 0.0844. The van der Waals surface area contributed by atoms with E-state index < -0.39 is 0 Å². The van der Waals surface area contributed by atoms with Gasteiger partial charge in [0.2, 0.25) is 0 Å². The van der Waals surface area contributed by atoms with Gasteiger partial charge in [0.25, 0.3) is 0 Å². The molecule has 0 saturated heterocycles. The number of benzene rings is 1. The van der Waals surface area contributed by atoms with Crippen LogP contribution in [0.1, 0.15) is 18.7 Å². The molecule has 3 N–H and O–H groups in total. The van der Waals surface area contributed by atoms with Crippen LogP contribution in [0.4, 0.5) is 10.1 Å². The van der Waals surface area contributed by atoms with Crippen LogP contribution in [0.25, 0.3) is 55.2 Å². The van der Waals surface area contributed by atoms with Crippen molar-refractivity contribution >= 4 is 39.1 Å². The SMILES string of the molecule is Cc1ccc(-c2ccnc3nc(-c4n[nH]c5ccc(-c6cncc(NC(C)C)c6)c(F)c45)[nH]c23)s1. The van der Waals surface area contributed by atoms with Crippen molar-refractivity contribution in [1.82, 2.24) is 30.1 Å². The summed E-state index contributed by atoms with van der Waals surface area (Å²) < 4.78 is 16.0. The van der Waals surface area contributed by atoms with E-state index in [1.807, 2.05) is 32.0 Å². The van der Waals surface area contributed by atoms with Crippen LogP contribution in [0.2, 0.25) is 0 Å². The quantitative estimate of drug-likeness (QED) is 0.258. The van der Waals surface area contributed by atoms with Crippen molar-refractivity contribution in [3.63, 3.8) is 0 Å². The topological polar surface area (TPSA) is 95.2 Å². The fraction of sp³-hybridized carbons (Fsp3) is 0.154. The highest BCUT2D eigenvalue weighted by atomic mass is 32.1. The number of rotatable bonds is 5. The molecule has 0 aliphatic heterocycles. The number of aromatic amines is 2. The normalized spacial score (nSPS) is 11.7. The maximum Gasteiger partial charge on any atom is 0.178 e. The zero-order valence-corrected chi connectivity index (χ0v) is 20.2. The van der Waals surface area contributed by atoms with Crippen LogP contribution in [0, 0.1) is 12.7 Å². The Hall–Kier alpha value is -4.11. The van der Waals surface area contributed by atoms with Crippen molar-refractivity contribution < 1.29 is 4.39 Å². The number of thiophene rings is 1. The molecule has 1 aromatic carbocycles. The van der Waals surface area contributed by atoms with E-state index in [1.165, 1.54) is 4.88 Å². The molecule has 5 heterocycles. The van der Waals surface area contributed by atoms with E-state index in [1.54, 1.807) is 36.0 Å². The van der Waals surface area contributed by atoms with E-state index in [2.05, 4.69) is 54.5 Å². The molecule has 0 unspecified atom stereocenters. The Morgan fingerprint density at radius 2 is 1.94 bits per heavy atom. The van der Waals surface area contributed by atoms with E-state index in [-0.39, 0.29) is 11.9 Å². The molecule has 0 radical (unpaired) electrons. The van der Waals surface area contributed by atoms with Gasteiger partial charge in [-0.1, -0.05) is 0 Å². The fourth-order valence-electron chi connectivity index (χ4n) is 4.27. The third-order valence-electron chi connectivity index (χ3n) is 5.79. The summed E-state index contributed by atoms with van der Waals surface area (Å²) >= 11 is 1.70. The molecule has 9 heteroatoms. The van der Waals surface area contributed by atoms with E-state index in [0.717, 1.165) is 21.6 Å². The minimum absolute atomic E-state index is 0.240. The van der Waals surface area contributed by atoms with Gasteiger partial charge in [-0.05, 0) is 57.2 Å². The number of aryl methyl sites for hydroxylation is 1. The summed E-state index contributed by atoms with van der Waals surface area (Å²) in [6.07, 6.45) is 5.14. The van der Waals surface area contributed by atoms with Crippen LogP contribution in [0.3, 0.4) is 0 Å². The minimum atomic E-state index is -0.378. The molecule has 174 valence electrons. The number of nitrogens with zero attached hydrogens (tertiary/aromatic N) is 4. The first kappa shape index (κ1) is 21.4. The van der Waals surface area contributed by atoms with Gasteiger partial charge in [-0.25, -0.2) is 14.4 Å². The van der Waals surface area contributed by atoms with E-state index in [0.29, 0.717) is 39.2 Å². The van der Waals surface area contributed by atoms with Gasteiger partial charge in [0.1, 0.15) is 11.5 Å². The van der Waals surface area contributed by atoms with Crippen molar-refractivity contribution in [2.24, 2.45) is 0 Å². The zero-order chi connectivity index (χ0) is 24.1. The molecule has 0 aliphatic rings. The molecule has 0 atom stereocenters. The van der Waals surface area contributed by atoms with E-state index in [4.69, 9.17) is 0 Å². The number of fused-ring (bicyclic) bond motifs is 2. The Morgan fingerprint density at radius 1 is 1.06 bits per heavy atom. The van der Waals surface area contributed by atoms with Crippen LogP contribution in [-0.4, -0.2) is 36.2 Å². The molecule has 0 saturated carbocycles. The Labute approximate surface area is 204 Å². The average Bonchev–Trinajstić information content (AvgIpc) is 3.56. The van der Waals surface area contributed by atoms with Crippen molar-refractivity contribution in [2.45, 2.75) is 26.8 Å². The average molecular weight is 484 g/mol. The van der Waals surface area contributed by atoms with Crippen molar-refractivity contribution in [3.8, 4) is 33.1 Å². The molecule has 35 heavy (non-hydrogen) atoms. The fourth-order valence-corrected chi connectivity index (χ4v) is 5.17. The first-order chi connectivity index (χ1) is 17.0.